The van der Waals surface area contributed by atoms with E-state index in [0.717, 1.165) is 31.1 Å². The molecular weight excluding hydrogens is 1420 g/mol. The van der Waals surface area contributed by atoms with Gasteiger partial charge in [-0.2, -0.15) is 0 Å². The predicted molar refractivity (Wildman–Crippen MR) is 570 cm³/mol. The molecule has 0 nitrogen and oxygen atoms in total. The normalized spacial score (nSPS) is 10.1. The van der Waals surface area contributed by atoms with Crippen molar-refractivity contribution in [3.63, 3.8) is 0 Å². The summed E-state index contributed by atoms with van der Waals surface area (Å²) in [7, 11) is 0. The van der Waals surface area contributed by atoms with Crippen LogP contribution >= 0.6 is 0 Å². The van der Waals surface area contributed by atoms with E-state index in [2.05, 4.69) is 298 Å². The van der Waals surface area contributed by atoms with Crippen LogP contribution in [0, 0.1) is 29.6 Å². The Morgan fingerprint density at radius 3 is 0.449 bits per heavy atom. The minimum absolute atomic E-state index is 0.583. The maximum atomic E-state index is 2.35. The molecule has 0 heteroatoms. The summed E-state index contributed by atoms with van der Waals surface area (Å²) in [5, 5.41) is 0. The summed E-state index contributed by atoms with van der Waals surface area (Å²) in [4.78, 5) is 0. The smallest absolute Gasteiger partial charge is 0.0307 e. The Hall–Kier alpha value is -1.56. The Kier molecular flexibility index (Phi) is 177. The zero-order valence-corrected chi connectivity index (χ0v) is 91.4. The van der Waals surface area contributed by atoms with E-state index in [9.17, 15) is 0 Å². The Labute approximate surface area is 761 Å². The molecule has 0 fully saturated rings. The standard InChI is InChI=1S/C12H26.C11H24.C10H14.C10H22.C9H12.2C9H20.C8H18.2C7H16.2C6H14.2C5H12.C4H10/c1-3-5-7-9-11-12-10-8-6-4-2;1-3-5-7-9-11-10-8-6-4-2;1-3-9-5-7-10(4-2)8-6-9;1-3-5-7-9-10-8-6-4-2;1-3-9-6-4-8(2)5-7-9;1-5-7-8-9(3,4)6-2;1-3-5-7-9-8-6-4-2;1-3-5-7-8-6-4-2;1-5-7(3,4)6-2;1-3-5-7-6-4-2;1-4-6(3)5-2;1-3-5-6-4-2;1-4-5(2)3;1-3-5-4-2;1-3-4-2/h3-12H2,1-2H3;3-11H2,1-2H3;5-8H,3-4H2,1-2H3;3-10H2,1-2H3;4-7H,3H2,1-2H3;5-8H2,1-4H3;3-9H2,1-2H3;3-8H2,1-2H3;5-6H2,1-4H3;3-7H2,1-2H3;6H,4-5H2,1-3H3;3-6H2,1-2H3;5H,4H2,1-3H3;3-5H2,1-2H3;3-4H2,1-2H3. The van der Waals surface area contributed by atoms with Gasteiger partial charge < -0.3 is 0 Å². The highest BCUT2D eigenvalue weighted by Crippen LogP contribution is 2.27. The topological polar surface area (TPSA) is 0 Å². The first-order chi connectivity index (χ1) is 56.7. The van der Waals surface area contributed by atoms with Crippen LogP contribution in [0.4, 0.5) is 0 Å². The fraction of sp³-hybridized carbons (Fsp3) is 0.898. The number of rotatable bonds is 57. The number of hydrogen-bond acceptors (Lipinski definition) is 0. The number of unbranched alkanes of at least 4 members (excludes halogenated alkanes) is 46. The first kappa shape index (κ1) is 145. The van der Waals surface area contributed by atoms with E-state index in [1.165, 1.54) is 427 Å². The summed E-state index contributed by atoms with van der Waals surface area (Å²) in [5.41, 5.74) is 6.79. The largest absolute Gasteiger partial charge is 0.0654 e. The zero-order valence-electron chi connectivity index (χ0n) is 91.4. The minimum atomic E-state index is 0.583. The predicted octanol–water partition coefficient (Wildman–Crippen LogP) is 46.6. The van der Waals surface area contributed by atoms with E-state index in [4.69, 9.17) is 0 Å². The molecule has 0 amide bonds. The summed E-state index contributed by atoms with van der Waals surface area (Å²) >= 11 is 0. The van der Waals surface area contributed by atoms with Crippen LogP contribution in [0.25, 0.3) is 0 Å². The van der Waals surface area contributed by atoms with E-state index in [0.29, 0.717) is 10.8 Å². The maximum Gasteiger partial charge on any atom is -0.0307 e. The van der Waals surface area contributed by atoms with Crippen molar-refractivity contribution >= 4 is 0 Å². The molecule has 0 heterocycles. The quantitative estimate of drug-likeness (QED) is 0.0579. The molecule has 2 rings (SSSR count). The highest BCUT2D eigenvalue weighted by Gasteiger charge is 2.13. The molecule has 118 heavy (non-hydrogen) atoms. The van der Waals surface area contributed by atoms with Gasteiger partial charge in [-0.05, 0) is 72.0 Å². The highest BCUT2D eigenvalue weighted by atomic mass is 14.2. The highest BCUT2D eigenvalue weighted by molar-refractivity contribution is 5.22. The summed E-state index contributed by atoms with van der Waals surface area (Å²) in [5.74, 6) is 1.82. The molecule has 722 valence electrons. The average Bonchev–Trinajstić information content (AvgIpc) is 0.951. The van der Waals surface area contributed by atoms with Gasteiger partial charge in [0.25, 0.3) is 0 Å². The van der Waals surface area contributed by atoms with Gasteiger partial charge >= 0.3 is 0 Å². The van der Waals surface area contributed by atoms with Crippen molar-refractivity contribution in [1.29, 1.82) is 0 Å². The van der Waals surface area contributed by atoms with Crippen LogP contribution in [-0.4, -0.2) is 0 Å². The average molecular weight is 1670 g/mol. The summed E-state index contributed by atoms with van der Waals surface area (Å²) in [6.07, 6.45) is 92.0. The van der Waals surface area contributed by atoms with Crippen LogP contribution in [-0.2, 0) is 19.3 Å². The van der Waals surface area contributed by atoms with Crippen molar-refractivity contribution in [2.45, 2.75) is 673 Å². The molecule has 2 aromatic rings. The van der Waals surface area contributed by atoms with Crippen molar-refractivity contribution in [2.24, 2.45) is 22.7 Å². The molecule has 0 unspecified atom stereocenters. The first-order valence-corrected chi connectivity index (χ1v) is 54.9. The number of hydrogen-bond donors (Lipinski definition) is 0. The van der Waals surface area contributed by atoms with Gasteiger partial charge in [0.2, 0.25) is 0 Å². The molecule has 0 spiro atoms. The Bertz CT molecular complexity index is 1620. The molecular formula is C118H250. The molecule has 0 aliphatic carbocycles. The number of benzene rings is 2. The van der Waals surface area contributed by atoms with Gasteiger partial charge in [0, 0.05) is 0 Å². The third kappa shape index (κ3) is 184. The van der Waals surface area contributed by atoms with E-state index >= 15 is 0 Å². The lowest BCUT2D eigenvalue weighted by atomic mass is 9.85. The second kappa shape index (κ2) is 144. The van der Waals surface area contributed by atoms with Crippen LogP contribution < -0.4 is 0 Å². The molecule has 0 aliphatic rings. The zero-order chi connectivity index (χ0) is 92.8. The van der Waals surface area contributed by atoms with Crippen molar-refractivity contribution in [1.82, 2.24) is 0 Å². The van der Waals surface area contributed by atoms with Crippen molar-refractivity contribution in [3.05, 3.63) is 70.8 Å². The van der Waals surface area contributed by atoms with E-state index in [-0.39, 0.29) is 0 Å². The van der Waals surface area contributed by atoms with Gasteiger partial charge in [-0.3, -0.25) is 0 Å². The van der Waals surface area contributed by atoms with Crippen LogP contribution in [0.5, 0.6) is 0 Å². The van der Waals surface area contributed by atoms with Crippen LogP contribution in [0.1, 0.15) is 669 Å². The van der Waals surface area contributed by atoms with E-state index in [1.807, 2.05) is 0 Å². The molecule has 0 saturated carbocycles. The van der Waals surface area contributed by atoms with Crippen LogP contribution in [0.3, 0.4) is 0 Å². The Morgan fingerprint density at radius 2 is 0.339 bits per heavy atom. The van der Waals surface area contributed by atoms with Crippen LogP contribution in [0.2, 0.25) is 0 Å². The lowest BCUT2D eigenvalue weighted by Gasteiger charge is -2.21. The van der Waals surface area contributed by atoms with Gasteiger partial charge in [-0.1, -0.05) is 695 Å². The third-order valence-electron chi connectivity index (χ3n) is 22.8. The molecule has 0 aromatic heterocycles. The van der Waals surface area contributed by atoms with Crippen molar-refractivity contribution in [2.75, 3.05) is 0 Å². The second-order valence-electron chi connectivity index (χ2n) is 36.8. The third-order valence-corrected chi connectivity index (χ3v) is 22.8. The lowest BCUT2D eigenvalue weighted by Crippen LogP contribution is -2.08. The van der Waals surface area contributed by atoms with Gasteiger partial charge in [-0.25, -0.2) is 0 Å². The molecule has 0 saturated heterocycles. The minimum Gasteiger partial charge on any atom is -0.0654 e. The van der Waals surface area contributed by atoms with Crippen molar-refractivity contribution in [3.8, 4) is 0 Å². The molecule has 0 radical (unpaired) electrons. The maximum absolute atomic E-state index is 2.35. The van der Waals surface area contributed by atoms with E-state index in [1.54, 1.807) is 0 Å². The van der Waals surface area contributed by atoms with E-state index < -0.39 is 0 Å². The Balaban J connectivity index is -0.0000000917. The molecule has 0 aliphatic heterocycles. The summed E-state index contributed by atoms with van der Waals surface area (Å²) in [6, 6.07) is 17.5. The molecule has 0 bridgehead atoms. The molecule has 0 N–H and O–H groups in total. The van der Waals surface area contributed by atoms with Gasteiger partial charge in [0.15, 0.2) is 0 Å². The van der Waals surface area contributed by atoms with Gasteiger partial charge in [0.1, 0.15) is 0 Å². The van der Waals surface area contributed by atoms with Gasteiger partial charge in [0.05, 0.1) is 0 Å². The van der Waals surface area contributed by atoms with Crippen LogP contribution in [0.15, 0.2) is 48.5 Å². The van der Waals surface area contributed by atoms with Crippen molar-refractivity contribution < 1.29 is 0 Å². The SMILES string of the molecule is CCC(C)(C)CC.CCC(C)C.CCC(C)CC.CCCC.CCCCC.CCCCC(C)(C)CC.CCCCCC.CCCCCCC.CCCCCCCC.CCCCCCCCC.CCCCCCCCCC.CCCCCCCCCCC.CCCCCCCCCCCC.CCc1ccc(C)cc1.CCc1ccc(CC)cc1. The lowest BCUT2D eigenvalue weighted by molar-refractivity contribution is 0.311. The summed E-state index contributed by atoms with van der Waals surface area (Å²) in [6.45, 7) is 80.8. The molecule has 0 atom stereocenters. The molecule has 2 aromatic carbocycles. The number of aryl methyl sites for hydroxylation is 4. The second-order valence-corrected chi connectivity index (χ2v) is 36.8. The monoisotopic (exact) mass is 1670 g/mol. The first-order valence-electron chi connectivity index (χ1n) is 54.9. The summed E-state index contributed by atoms with van der Waals surface area (Å²) < 4.78 is 0. The fourth-order valence-corrected chi connectivity index (χ4v) is 10.8. The Morgan fingerprint density at radius 1 is 0.186 bits per heavy atom. The van der Waals surface area contributed by atoms with Gasteiger partial charge in [-0.15, -0.1) is 0 Å². The fourth-order valence-electron chi connectivity index (χ4n) is 10.8.